The highest BCUT2D eigenvalue weighted by Gasteiger charge is 2.22. The maximum Gasteiger partial charge on any atom is 0.251 e. The van der Waals surface area contributed by atoms with Gasteiger partial charge in [0.2, 0.25) is 0 Å². The van der Waals surface area contributed by atoms with Crippen LogP contribution in [0.2, 0.25) is 0 Å². The molecule has 0 saturated carbocycles. The van der Waals surface area contributed by atoms with E-state index in [9.17, 15) is 8.78 Å². The van der Waals surface area contributed by atoms with Gasteiger partial charge in [0.05, 0.1) is 13.2 Å². The number of hydrogen-bond acceptors (Lipinski definition) is 2. The molecule has 0 amide bonds. The fraction of sp³-hybridized carbons (Fsp3) is 0.571. The first-order chi connectivity index (χ1) is 9.13. The van der Waals surface area contributed by atoms with Gasteiger partial charge in [-0.1, -0.05) is 0 Å². The minimum atomic E-state index is -2.24. The van der Waals surface area contributed by atoms with E-state index in [2.05, 4.69) is 22.6 Å². The topological polar surface area (TPSA) is 12.5 Å². The summed E-state index contributed by atoms with van der Waals surface area (Å²) in [6.07, 6.45) is -0.201. The summed E-state index contributed by atoms with van der Waals surface area (Å²) in [5.41, 5.74) is 0. The van der Waals surface area contributed by atoms with E-state index in [4.69, 9.17) is 4.74 Å². The average Bonchev–Trinajstić information content (AvgIpc) is 2.38. The van der Waals surface area contributed by atoms with Crippen LogP contribution in [-0.2, 0) is 0 Å². The first-order valence-corrected chi connectivity index (χ1v) is 7.60. The van der Waals surface area contributed by atoms with Crippen molar-refractivity contribution < 1.29 is 13.5 Å². The van der Waals surface area contributed by atoms with Crippen LogP contribution in [0.25, 0.3) is 0 Å². The molecule has 0 N–H and O–H groups in total. The van der Waals surface area contributed by atoms with Crippen molar-refractivity contribution in [2.75, 3.05) is 26.2 Å². The molecule has 0 aliphatic carbocycles. The van der Waals surface area contributed by atoms with Gasteiger partial charge in [-0.15, -0.1) is 12.4 Å². The number of nitrogens with zero attached hydrogens (tertiary/aromatic N) is 1. The average molecular weight is 418 g/mol. The van der Waals surface area contributed by atoms with Crippen LogP contribution in [0.4, 0.5) is 8.78 Å². The zero-order valence-corrected chi connectivity index (χ0v) is 14.1. The molecule has 1 atom stereocenters. The van der Waals surface area contributed by atoms with Crippen molar-refractivity contribution in [3.05, 3.63) is 27.8 Å². The van der Waals surface area contributed by atoms with Crippen LogP contribution < -0.4 is 4.74 Å². The van der Waals surface area contributed by atoms with Crippen LogP contribution in [0.15, 0.2) is 24.3 Å². The lowest BCUT2D eigenvalue weighted by Crippen LogP contribution is -2.40. The van der Waals surface area contributed by atoms with Crippen molar-refractivity contribution in [2.24, 2.45) is 5.92 Å². The smallest absolute Gasteiger partial charge is 0.251 e. The minimum Gasteiger partial charge on any atom is -0.493 e. The molecule has 1 aliphatic heterocycles. The highest BCUT2D eigenvalue weighted by molar-refractivity contribution is 14.1. The van der Waals surface area contributed by atoms with Crippen molar-refractivity contribution in [2.45, 2.75) is 19.3 Å². The van der Waals surface area contributed by atoms with E-state index < -0.39 is 6.43 Å². The molecule has 1 aromatic carbocycles. The molecule has 0 bridgehead atoms. The first kappa shape index (κ1) is 17.9. The third-order valence-corrected chi connectivity index (χ3v) is 4.02. The third-order valence-electron chi connectivity index (χ3n) is 3.30. The fourth-order valence-electron chi connectivity index (χ4n) is 2.39. The van der Waals surface area contributed by atoms with Crippen LogP contribution >= 0.6 is 35.0 Å². The molecule has 1 heterocycles. The molecule has 1 aliphatic rings. The third kappa shape index (κ3) is 6.10. The Balaban J connectivity index is 0.00000200. The summed E-state index contributed by atoms with van der Waals surface area (Å²) in [4.78, 5) is 1.84. The second kappa shape index (κ2) is 9.00. The Bertz CT molecular complexity index is 391. The normalized spacial score (nSPS) is 19.7. The van der Waals surface area contributed by atoms with Gasteiger partial charge in [-0.3, -0.25) is 4.90 Å². The number of benzene rings is 1. The Morgan fingerprint density at radius 2 is 2.00 bits per heavy atom. The van der Waals surface area contributed by atoms with E-state index in [0.717, 1.165) is 25.1 Å². The van der Waals surface area contributed by atoms with Gasteiger partial charge in [0.1, 0.15) is 5.75 Å². The van der Waals surface area contributed by atoms with Gasteiger partial charge < -0.3 is 4.74 Å². The summed E-state index contributed by atoms with van der Waals surface area (Å²) in [6, 6.07) is 7.89. The minimum absolute atomic E-state index is 0. The van der Waals surface area contributed by atoms with Crippen LogP contribution in [0, 0.1) is 9.49 Å². The lowest BCUT2D eigenvalue weighted by Gasteiger charge is -2.32. The molecule has 20 heavy (non-hydrogen) atoms. The van der Waals surface area contributed by atoms with E-state index in [0.29, 0.717) is 19.1 Å². The van der Waals surface area contributed by atoms with Gasteiger partial charge in [0.15, 0.2) is 0 Å². The van der Waals surface area contributed by atoms with E-state index in [-0.39, 0.29) is 19.0 Å². The summed E-state index contributed by atoms with van der Waals surface area (Å²) in [5.74, 6) is 1.21. The maximum atomic E-state index is 12.4. The number of halogens is 4. The summed E-state index contributed by atoms with van der Waals surface area (Å²) < 4.78 is 31.6. The molecule has 1 saturated heterocycles. The summed E-state index contributed by atoms with van der Waals surface area (Å²) in [7, 11) is 0. The molecule has 114 valence electrons. The van der Waals surface area contributed by atoms with Crippen molar-refractivity contribution in [1.82, 2.24) is 4.90 Å². The standard InChI is InChI=1S/C14H18F2INO.ClH/c15-14(16)9-18-7-1-2-11(8-18)10-19-13-5-3-12(17)4-6-13;/h3-6,11,14H,1-2,7-10H2;1H/t11-;/m1./s1. The Morgan fingerprint density at radius 1 is 1.30 bits per heavy atom. The highest BCUT2D eigenvalue weighted by Crippen LogP contribution is 2.20. The van der Waals surface area contributed by atoms with Gasteiger partial charge in [-0.2, -0.15) is 0 Å². The zero-order valence-electron chi connectivity index (χ0n) is 11.1. The lowest BCUT2D eigenvalue weighted by molar-refractivity contribution is 0.0552. The number of alkyl halides is 2. The van der Waals surface area contributed by atoms with Crippen LogP contribution in [-0.4, -0.2) is 37.6 Å². The van der Waals surface area contributed by atoms with Crippen molar-refractivity contribution in [1.29, 1.82) is 0 Å². The van der Waals surface area contributed by atoms with Crippen molar-refractivity contribution in [3.8, 4) is 5.75 Å². The predicted molar refractivity (Wildman–Crippen MR) is 87.1 cm³/mol. The Morgan fingerprint density at radius 3 is 2.65 bits per heavy atom. The molecule has 1 fully saturated rings. The molecule has 0 radical (unpaired) electrons. The molecule has 0 aromatic heterocycles. The van der Waals surface area contributed by atoms with Crippen molar-refractivity contribution >= 4 is 35.0 Å². The maximum absolute atomic E-state index is 12.4. The monoisotopic (exact) mass is 417 g/mol. The predicted octanol–water partition coefficient (Wildman–Crippen LogP) is 4.07. The molecule has 1 aromatic rings. The SMILES string of the molecule is Cl.FC(F)CN1CCC[C@@H](COc2ccc(I)cc2)C1. The highest BCUT2D eigenvalue weighted by atomic mass is 127. The van der Waals surface area contributed by atoms with Crippen molar-refractivity contribution in [3.63, 3.8) is 0 Å². The lowest BCUT2D eigenvalue weighted by atomic mass is 9.99. The van der Waals surface area contributed by atoms with E-state index >= 15 is 0 Å². The van der Waals surface area contributed by atoms with Crippen LogP contribution in [0.3, 0.4) is 0 Å². The fourth-order valence-corrected chi connectivity index (χ4v) is 2.75. The molecule has 2 nitrogen and oxygen atoms in total. The Labute approximate surface area is 138 Å². The molecule has 0 spiro atoms. The van der Waals surface area contributed by atoms with Crippen LogP contribution in [0.1, 0.15) is 12.8 Å². The summed E-state index contributed by atoms with van der Waals surface area (Å²) in [5, 5.41) is 0. The van der Waals surface area contributed by atoms with Gasteiger partial charge in [0, 0.05) is 16.0 Å². The first-order valence-electron chi connectivity index (χ1n) is 6.52. The molecular formula is C14H19ClF2INO. The van der Waals surface area contributed by atoms with E-state index in [1.54, 1.807) is 0 Å². The number of piperidine rings is 1. The second-order valence-electron chi connectivity index (χ2n) is 4.92. The molecule has 6 heteroatoms. The molecule has 2 rings (SSSR count). The number of hydrogen-bond donors (Lipinski definition) is 0. The van der Waals surface area contributed by atoms with E-state index in [1.165, 1.54) is 3.57 Å². The Hall–Kier alpha value is -0.140. The van der Waals surface area contributed by atoms with E-state index in [1.807, 2.05) is 29.2 Å². The Kier molecular flexibility index (Phi) is 8.06. The van der Waals surface area contributed by atoms with Gasteiger partial charge >= 0.3 is 0 Å². The molecular weight excluding hydrogens is 399 g/mol. The second-order valence-corrected chi connectivity index (χ2v) is 6.17. The largest absolute Gasteiger partial charge is 0.493 e. The number of ether oxygens (including phenoxy) is 1. The van der Waals surface area contributed by atoms with Gasteiger partial charge in [-0.05, 0) is 66.2 Å². The summed E-state index contributed by atoms with van der Waals surface area (Å²) >= 11 is 2.25. The molecule has 0 unspecified atom stereocenters. The van der Waals surface area contributed by atoms with Gasteiger partial charge in [0.25, 0.3) is 6.43 Å². The summed E-state index contributed by atoms with van der Waals surface area (Å²) in [6.45, 7) is 2.00. The zero-order chi connectivity index (χ0) is 13.7. The van der Waals surface area contributed by atoms with Gasteiger partial charge in [-0.25, -0.2) is 8.78 Å². The quantitative estimate of drug-likeness (QED) is 0.670. The van der Waals surface area contributed by atoms with Crippen LogP contribution in [0.5, 0.6) is 5.75 Å². The number of rotatable bonds is 5. The number of likely N-dealkylation sites (tertiary alicyclic amines) is 1.